The maximum absolute atomic E-state index is 12.1. The lowest BCUT2D eigenvalue weighted by atomic mass is 9.96. The molecule has 0 atom stereocenters. The fraction of sp³-hybridized carbons (Fsp3) is 0.294. The predicted octanol–water partition coefficient (Wildman–Crippen LogP) is 1.75. The maximum atomic E-state index is 12.1. The molecule has 2 heterocycles. The second kappa shape index (κ2) is 6.66. The van der Waals surface area contributed by atoms with E-state index >= 15 is 0 Å². The molecule has 1 aliphatic rings. The molecule has 1 aromatic heterocycles. The van der Waals surface area contributed by atoms with E-state index in [0.29, 0.717) is 31.0 Å². The Kier molecular flexibility index (Phi) is 4.41. The Morgan fingerprint density at radius 1 is 1.46 bits per heavy atom. The van der Waals surface area contributed by atoms with Crippen LogP contribution in [0, 0.1) is 12.8 Å². The van der Waals surface area contributed by atoms with E-state index in [1.165, 1.54) is 6.08 Å². The van der Waals surface area contributed by atoms with E-state index in [9.17, 15) is 9.59 Å². The lowest BCUT2D eigenvalue weighted by Gasteiger charge is -2.38. The van der Waals surface area contributed by atoms with Gasteiger partial charge in [0.15, 0.2) is 5.82 Å². The molecular weight excluding hydrogens is 306 g/mol. The van der Waals surface area contributed by atoms with Crippen molar-refractivity contribution in [1.29, 1.82) is 0 Å². The highest BCUT2D eigenvalue weighted by Crippen LogP contribution is 2.22. The van der Waals surface area contributed by atoms with Crippen LogP contribution < -0.4 is 5.32 Å². The van der Waals surface area contributed by atoms with Crippen molar-refractivity contribution in [3.63, 3.8) is 0 Å². The molecule has 1 fully saturated rings. The zero-order valence-corrected chi connectivity index (χ0v) is 13.5. The summed E-state index contributed by atoms with van der Waals surface area (Å²) in [5.74, 6) is 1.40. The van der Waals surface area contributed by atoms with Gasteiger partial charge in [-0.3, -0.25) is 14.7 Å². The van der Waals surface area contributed by atoms with Crippen molar-refractivity contribution in [3.05, 3.63) is 42.7 Å². The smallest absolute Gasteiger partial charge is 0.245 e. The van der Waals surface area contributed by atoms with Gasteiger partial charge in [0, 0.05) is 36.7 Å². The van der Waals surface area contributed by atoms with Crippen LogP contribution in [0.3, 0.4) is 0 Å². The first kappa shape index (κ1) is 15.9. The van der Waals surface area contributed by atoms with Gasteiger partial charge < -0.3 is 10.2 Å². The Morgan fingerprint density at radius 3 is 2.92 bits per heavy atom. The number of hydrogen-bond donors (Lipinski definition) is 2. The van der Waals surface area contributed by atoms with Crippen molar-refractivity contribution in [2.24, 2.45) is 5.92 Å². The summed E-state index contributed by atoms with van der Waals surface area (Å²) in [5.41, 5.74) is 1.54. The van der Waals surface area contributed by atoms with Crippen LogP contribution in [0.5, 0.6) is 0 Å². The summed E-state index contributed by atoms with van der Waals surface area (Å²) in [6.45, 7) is 6.50. The van der Waals surface area contributed by atoms with Gasteiger partial charge in [-0.25, -0.2) is 4.98 Å². The van der Waals surface area contributed by atoms with Crippen LogP contribution in [-0.4, -0.2) is 45.0 Å². The van der Waals surface area contributed by atoms with E-state index in [0.717, 1.165) is 11.4 Å². The third kappa shape index (κ3) is 3.51. The third-order valence-corrected chi connectivity index (χ3v) is 3.92. The summed E-state index contributed by atoms with van der Waals surface area (Å²) in [7, 11) is 0. The van der Waals surface area contributed by atoms with Gasteiger partial charge in [-0.15, -0.1) is 0 Å². The molecule has 3 rings (SSSR count). The Morgan fingerprint density at radius 2 is 2.25 bits per heavy atom. The van der Waals surface area contributed by atoms with E-state index in [1.54, 1.807) is 4.90 Å². The zero-order chi connectivity index (χ0) is 17.1. The monoisotopic (exact) mass is 325 g/mol. The number of nitrogens with one attached hydrogen (secondary N) is 2. The Balaban J connectivity index is 1.56. The largest absolute Gasteiger partial charge is 0.338 e. The topological polar surface area (TPSA) is 91.0 Å². The molecule has 124 valence electrons. The van der Waals surface area contributed by atoms with Crippen LogP contribution in [0.1, 0.15) is 12.2 Å². The average molecular weight is 325 g/mol. The average Bonchev–Trinajstić information content (AvgIpc) is 2.96. The van der Waals surface area contributed by atoms with Gasteiger partial charge in [0.2, 0.25) is 11.8 Å². The van der Waals surface area contributed by atoms with E-state index < -0.39 is 0 Å². The number of anilines is 1. The molecule has 0 aliphatic carbocycles. The van der Waals surface area contributed by atoms with Crippen molar-refractivity contribution in [2.45, 2.75) is 13.3 Å². The minimum Gasteiger partial charge on any atom is -0.338 e. The van der Waals surface area contributed by atoms with Crippen molar-refractivity contribution in [1.82, 2.24) is 20.1 Å². The van der Waals surface area contributed by atoms with Crippen LogP contribution in [-0.2, 0) is 9.59 Å². The fourth-order valence-electron chi connectivity index (χ4n) is 2.69. The van der Waals surface area contributed by atoms with Gasteiger partial charge in [0.25, 0.3) is 0 Å². The SMILES string of the molecule is C=CC(=O)N1CC(CC(=O)Nc2cccc(-c3n[nH]c(C)n3)c2)C1. The number of H-pyrrole nitrogens is 1. The number of amides is 2. The third-order valence-electron chi connectivity index (χ3n) is 3.92. The van der Waals surface area contributed by atoms with Gasteiger partial charge >= 0.3 is 0 Å². The maximum Gasteiger partial charge on any atom is 0.245 e. The summed E-state index contributed by atoms with van der Waals surface area (Å²) in [5, 5.41) is 9.80. The van der Waals surface area contributed by atoms with Gasteiger partial charge in [0.1, 0.15) is 5.82 Å². The van der Waals surface area contributed by atoms with E-state index in [-0.39, 0.29) is 17.7 Å². The van der Waals surface area contributed by atoms with Crippen LogP contribution in [0.2, 0.25) is 0 Å². The first-order chi connectivity index (χ1) is 11.5. The molecular formula is C17H19N5O2. The minimum atomic E-state index is -0.0823. The second-order valence-corrected chi connectivity index (χ2v) is 5.89. The van der Waals surface area contributed by atoms with Crippen molar-refractivity contribution < 1.29 is 9.59 Å². The molecule has 0 spiro atoms. The fourth-order valence-corrected chi connectivity index (χ4v) is 2.69. The lowest BCUT2D eigenvalue weighted by Crippen LogP contribution is -2.50. The normalized spacial score (nSPS) is 14.1. The molecule has 1 saturated heterocycles. The summed E-state index contributed by atoms with van der Waals surface area (Å²) >= 11 is 0. The lowest BCUT2D eigenvalue weighted by molar-refractivity contribution is -0.134. The number of aryl methyl sites for hydroxylation is 1. The quantitative estimate of drug-likeness (QED) is 0.819. The van der Waals surface area contributed by atoms with Gasteiger partial charge in [-0.05, 0) is 25.1 Å². The molecule has 0 unspecified atom stereocenters. The van der Waals surface area contributed by atoms with Crippen molar-refractivity contribution in [2.75, 3.05) is 18.4 Å². The molecule has 24 heavy (non-hydrogen) atoms. The molecule has 1 aromatic carbocycles. The number of likely N-dealkylation sites (tertiary alicyclic amines) is 1. The Labute approximate surface area is 139 Å². The number of aromatic amines is 1. The Bertz CT molecular complexity index is 777. The number of rotatable bonds is 5. The molecule has 1 aliphatic heterocycles. The summed E-state index contributed by atoms with van der Waals surface area (Å²) in [6.07, 6.45) is 1.69. The molecule has 2 aromatic rings. The Hall–Kier alpha value is -2.96. The molecule has 0 bridgehead atoms. The van der Waals surface area contributed by atoms with Crippen LogP contribution in [0.25, 0.3) is 11.4 Å². The zero-order valence-electron chi connectivity index (χ0n) is 13.5. The van der Waals surface area contributed by atoms with E-state index in [1.807, 2.05) is 31.2 Å². The molecule has 7 heteroatoms. The molecule has 2 amide bonds. The second-order valence-electron chi connectivity index (χ2n) is 5.89. The first-order valence-electron chi connectivity index (χ1n) is 7.76. The first-order valence-corrected chi connectivity index (χ1v) is 7.76. The van der Waals surface area contributed by atoms with E-state index in [4.69, 9.17) is 0 Å². The molecule has 0 saturated carbocycles. The molecule has 2 N–H and O–H groups in total. The van der Waals surface area contributed by atoms with Gasteiger partial charge in [-0.2, -0.15) is 5.10 Å². The minimum absolute atomic E-state index is 0.0611. The van der Waals surface area contributed by atoms with Crippen LogP contribution >= 0.6 is 0 Å². The predicted molar refractivity (Wildman–Crippen MR) is 90.1 cm³/mol. The highest BCUT2D eigenvalue weighted by molar-refractivity contribution is 5.92. The number of nitrogens with zero attached hydrogens (tertiary/aromatic N) is 3. The number of benzene rings is 1. The summed E-state index contributed by atoms with van der Waals surface area (Å²) in [6, 6.07) is 7.41. The number of aromatic nitrogens is 3. The van der Waals surface area contributed by atoms with Crippen LogP contribution in [0.15, 0.2) is 36.9 Å². The standard InChI is InChI=1S/C17H19N5O2/c1-3-16(24)22-9-12(10-22)7-15(23)19-14-6-4-5-13(8-14)17-18-11(2)20-21-17/h3-6,8,12H,1,7,9-10H2,2H3,(H,19,23)(H,18,20,21). The molecule has 0 radical (unpaired) electrons. The van der Waals surface area contributed by atoms with E-state index in [2.05, 4.69) is 27.1 Å². The highest BCUT2D eigenvalue weighted by atomic mass is 16.2. The van der Waals surface area contributed by atoms with Gasteiger partial charge in [-0.1, -0.05) is 18.7 Å². The van der Waals surface area contributed by atoms with Crippen molar-refractivity contribution in [3.8, 4) is 11.4 Å². The van der Waals surface area contributed by atoms with Crippen molar-refractivity contribution >= 4 is 17.5 Å². The summed E-state index contributed by atoms with van der Waals surface area (Å²) in [4.78, 5) is 29.5. The number of carbonyl (C=O) groups is 2. The van der Waals surface area contributed by atoms with Gasteiger partial charge in [0.05, 0.1) is 0 Å². The summed E-state index contributed by atoms with van der Waals surface area (Å²) < 4.78 is 0. The number of carbonyl (C=O) groups excluding carboxylic acids is 2. The molecule has 7 nitrogen and oxygen atoms in total. The highest BCUT2D eigenvalue weighted by Gasteiger charge is 2.30. The number of hydrogen-bond acceptors (Lipinski definition) is 4. The van der Waals surface area contributed by atoms with Crippen LogP contribution in [0.4, 0.5) is 5.69 Å².